The van der Waals surface area contributed by atoms with Crippen LogP contribution in [0.15, 0.2) is 65.6 Å². The molecule has 2 aromatic rings. The number of piperidine rings is 1. The molecule has 4 rings (SSSR count). The molecule has 2 fully saturated rings. The summed E-state index contributed by atoms with van der Waals surface area (Å²) in [6.45, 7) is 2.29. The third-order valence-corrected chi connectivity index (χ3v) is 8.24. The Morgan fingerprint density at radius 1 is 1.06 bits per heavy atom. The summed E-state index contributed by atoms with van der Waals surface area (Å²) in [6.07, 6.45) is 1.26. The number of nitrogens with zero attached hydrogens (tertiary/aromatic N) is 2. The van der Waals surface area contributed by atoms with Crippen LogP contribution < -0.4 is 5.32 Å². The molecule has 9 heteroatoms. The number of nitrogens with one attached hydrogen (secondary N) is 1. The van der Waals surface area contributed by atoms with Gasteiger partial charge in [-0.25, -0.2) is 8.42 Å². The third kappa shape index (κ3) is 4.80. The molecule has 8 nitrogen and oxygen atoms in total. The molecule has 0 aliphatic carbocycles. The Balaban J connectivity index is 1.54. The molecule has 2 aromatic carbocycles. The topological polar surface area (TPSA) is 96.0 Å². The van der Waals surface area contributed by atoms with Crippen molar-refractivity contribution in [1.82, 2.24) is 14.5 Å². The van der Waals surface area contributed by atoms with Gasteiger partial charge in [-0.3, -0.25) is 14.9 Å². The van der Waals surface area contributed by atoms with Gasteiger partial charge in [0.15, 0.2) is 0 Å². The van der Waals surface area contributed by atoms with Crippen LogP contribution in [-0.4, -0.2) is 67.4 Å². The van der Waals surface area contributed by atoms with Crippen molar-refractivity contribution in [3.05, 3.63) is 66.2 Å². The minimum absolute atomic E-state index is 0.156. The van der Waals surface area contributed by atoms with Crippen molar-refractivity contribution >= 4 is 21.9 Å². The molecule has 0 bridgehead atoms. The predicted octanol–water partition coefficient (Wildman–Crippen LogP) is 1.77. The Morgan fingerprint density at radius 3 is 2.27 bits per heavy atom. The highest BCUT2D eigenvalue weighted by atomic mass is 32.2. The number of ether oxygens (including phenoxy) is 1. The van der Waals surface area contributed by atoms with Gasteiger partial charge in [0.1, 0.15) is 6.54 Å². The Hall–Kier alpha value is -2.75. The van der Waals surface area contributed by atoms with Crippen LogP contribution in [0.25, 0.3) is 0 Å². The van der Waals surface area contributed by atoms with E-state index in [9.17, 15) is 18.0 Å². The Kier molecular flexibility index (Phi) is 6.83. The minimum atomic E-state index is -3.62. The molecule has 2 aliphatic rings. The van der Waals surface area contributed by atoms with E-state index in [4.69, 9.17) is 4.74 Å². The molecule has 2 saturated heterocycles. The molecule has 1 spiro atoms. The molecule has 0 radical (unpaired) electrons. The number of esters is 1. The minimum Gasteiger partial charge on any atom is -0.465 e. The highest BCUT2D eigenvalue weighted by Gasteiger charge is 2.53. The molecule has 2 aliphatic heterocycles. The summed E-state index contributed by atoms with van der Waals surface area (Å²) in [6, 6.07) is 17.6. The highest BCUT2D eigenvalue weighted by molar-refractivity contribution is 7.89. The molecule has 1 amide bonds. The zero-order valence-corrected chi connectivity index (χ0v) is 19.5. The lowest BCUT2D eigenvalue weighted by Crippen LogP contribution is -2.60. The fourth-order valence-electron chi connectivity index (χ4n) is 4.67. The van der Waals surface area contributed by atoms with Gasteiger partial charge in [0, 0.05) is 13.1 Å². The zero-order valence-electron chi connectivity index (χ0n) is 18.6. The molecule has 1 unspecified atom stereocenters. The van der Waals surface area contributed by atoms with Crippen LogP contribution in [0.2, 0.25) is 0 Å². The van der Waals surface area contributed by atoms with Crippen molar-refractivity contribution in [3.63, 3.8) is 0 Å². The van der Waals surface area contributed by atoms with Gasteiger partial charge in [-0.05, 0) is 43.9 Å². The van der Waals surface area contributed by atoms with Gasteiger partial charge in [-0.1, -0.05) is 48.5 Å². The first-order chi connectivity index (χ1) is 15.9. The first kappa shape index (κ1) is 23.4. The van der Waals surface area contributed by atoms with Crippen molar-refractivity contribution in [3.8, 4) is 0 Å². The number of amides is 1. The lowest BCUT2D eigenvalue weighted by Gasteiger charge is -2.43. The smallest absolute Gasteiger partial charge is 0.325 e. The molecule has 1 atom stereocenters. The van der Waals surface area contributed by atoms with Crippen molar-refractivity contribution < 1.29 is 22.7 Å². The summed E-state index contributed by atoms with van der Waals surface area (Å²) < 4.78 is 32.7. The van der Waals surface area contributed by atoms with Gasteiger partial charge in [-0.15, -0.1) is 0 Å². The molecule has 0 saturated carbocycles. The number of benzene rings is 2. The molecule has 33 heavy (non-hydrogen) atoms. The molecular formula is C24H29N3O5S. The number of hydrogen-bond donors (Lipinski definition) is 1. The van der Waals surface area contributed by atoms with E-state index in [-0.39, 0.29) is 37.0 Å². The maximum Gasteiger partial charge on any atom is 0.325 e. The van der Waals surface area contributed by atoms with Crippen LogP contribution in [0.1, 0.15) is 25.3 Å². The number of rotatable bonds is 7. The van der Waals surface area contributed by atoms with Gasteiger partial charge in [-0.2, -0.15) is 4.31 Å². The Labute approximate surface area is 194 Å². The van der Waals surface area contributed by atoms with Crippen molar-refractivity contribution in [2.24, 2.45) is 0 Å². The standard InChI is InChI=1S/C24H29N3O5S/c1-2-32-22(28)18-27-23(29)21(17-19-9-5-3-6-10-19)25-24(27)13-15-26(16-14-24)33(30,31)20-11-7-4-8-12-20/h3-12,21,25H,2,13-18H2,1H3. The van der Waals surface area contributed by atoms with Crippen molar-refractivity contribution in [2.45, 2.75) is 42.8 Å². The van der Waals surface area contributed by atoms with E-state index in [1.54, 1.807) is 42.2 Å². The van der Waals surface area contributed by atoms with E-state index < -0.39 is 27.7 Å². The summed E-state index contributed by atoms with van der Waals surface area (Å²) in [7, 11) is -3.62. The first-order valence-corrected chi connectivity index (χ1v) is 12.6. The SMILES string of the molecule is CCOC(=O)CN1C(=O)C(Cc2ccccc2)NC12CCN(S(=O)(=O)c1ccccc1)CC2. The number of sulfonamides is 1. The predicted molar refractivity (Wildman–Crippen MR) is 123 cm³/mol. The van der Waals surface area contributed by atoms with Crippen molar-refractivity contribution in [1.29, 1.82) is 0 Å². The van der Waals surface area contributed by atoms with Crippen LogP contribution in [0.5, 0.6) is 0 Å². The van der Waals surface area contributed by atoms with E-state index >= 15 is 0 Å². The zero-order chi connectivity index (χ0) is 23.5. The summed E-state index contributed by atoms with van der Waals surface area (Å²) in [4.78, 5) is 27.5. The van der Waals surface area contributed by atoms with E-state index in [0.717, 1.165) is 5.56 Å². The number of carbonyl (C=O) groups excluding carboxylic acids is 2. The second-order valence-electron chi connectivity index (χ2n) is 8.36. The van der Waals surface area contributed by atoms with E-state index in [1.807, 2.05) is 30.3 Å². The summed E-state index contributed by atoms with van der Waals surface area (Å²) >= 11 is 0. The third-order valence-electron chi connectivity index (χ3n) is 6.33. The van der Waals surface area contributed by atoms with Crippen LogP contribution in [-0.2, 0) is 30.8 Å². The molecule has 2 heterocycles. The summed E-state index contributed by atoms with van der Waals surface area (Å²) in [5, 5.41) is 3.46. The molecular weight excluding hydrogens is 442 g/mol. The average Bonchev–Trinajstić information content (AvgIpc) is 3.06. The normalized spacial score (nSPS) is 20.8. The lowest BCUT2D eigenvalue weighted by molar-refractivity contribution is -0.151. The quantitative estimate of drug-likeness (QED) is 0.619. The summed E-state index contributed by atoms with van der Waals surface area (Å²) in [5.74, 6) is -0.627. The Bertz CT molecular complexity index is 1080. The van der Waals surface area contributed by atoms with Crippen molar-refractivity contribution in [2.75, 3.05) is 26.2 Å². The maximum atomic E-state index is 13.3. The highest BCUT2D eigenvalue weighted by Crippen LogP contribution is 2.35. The molecule has 176 valence electrons. The van der Waals surface area contributed by atoms with Gasteiger partial charge < -0.3 is 9.64 Å². The van der Waals surface area contributed by atoms with Crippen LogP contribution in [0, 0.1) is 0 Å². The van der Waals surface area contributed by atoms with Gasteiger partial charge >= 0.3 is 5.97 Å². The lowest BCUT2D eigenvalue weighted by atomic mass is 9.97. The maximum absolute atomic E-state index is 13.3. The van der Waals surface area contributed by atoms with Gasteiger partial charge in [0.05, 0.1) is 23.2 Å². The van der Waals surface area contributed by atoms with E-state index in [2.05, 4.69) is 5.32 Å². The van der Waals surface area contributed by atoms with Gasteiger partial charge in [0.2, 0.25) is 15.9 Å². The molecule has 1 N–H and O–H groups in total. The van der Waals surface area contributed by atoms with Crippen LogP contribution in [0.3, 0.4) is 0 Å². The first-order valence-electron chi connectivity index (χ1n) is 11.2. The van der Waals surface area contributed by atoms with Crippen LogP contribution >= 0.6 is 0 Å². The van der Waals surface area contributed by atoms with E-state index in [1.165, 1.54) is 4.31 Å². The average molecular weight is 472 g/mol. The largest absolute Gasteiger partial charge is 0.465 e. The fraction of sp³-hybridized carbons (Fsp3) is 0.417. The number of hydrogen-bond acceptors (Lipinski definition) is 6. The number of carbonyl (C=O) groups is 2. The monoisotopic (exact) mass is 471 g/mol. The fourth-order valence-corrected chi connectivity index (χ4v) is 6.13. The summed E-state index contributed by atoms with van der Waals surface area (Å²) in [5.41, 5.74) is 0.229. The van der Waals surface area contributed by atoms with Gasteiger partial charge in [0.25, 0.3) is 0 Å². The van der Waals surface area contributed by atoms with Crippen LogP contribution in [0.4, 0.5) is 0 Å². The Morgan fingerprint density at radius 2 is 1.67 bits per heavy atom. The second kappa shape index (κ2) is 9.62. The molecule has 0 aromatic heterocycles. The second-order valence-corrected chi connectivity index (χ2v) is 10.3. The van der Waals surface area contributed by atoms with E-state index in [0.29, 0.717) is 19.3 Å².